The van der Waals surface area contributed by atoms with Crippen LogP contribution in [0, 0.1) is 5.92 Å². The van der Waals surface area contributed by atoms with Gasteiger partial charge in [-0.1, -0.05) is 13.8 Å². The number of hydrogen-bond acceptors (Lipinski definition) is 2. The Morgan fingerprint density at radius 2 is 2.27 bits per heavy atom. The predicted molar refractivity (Wildman–Crippen MR) is 61.2 cm³/mol. The first-order chi connectivity index (χ1) is 7.25. The van der Waals surface area contributed by atoms with Crippen molar-refractivity contribution < 1.29 is 0 Å². The van der Waals surface area contributed by atoms with Crippen LogP contribution in [0.1, 0.15) is 44.0 Å². The average Bonchev–Trinajstić information content (AvgIpc) is 2.54. The molecule has 3 nitrogen and oxygen atoms in total. The summed E-state index contributed by atoms with van der Waals surface area (Å²) in [5.41, 5.74) is 2.86. The molecule has 0 bridgehead atoms. The summed E-state index contributed by atoms with van der Waals surface area (Å²) < 4.78 is 2.41. The van der Waals surface area contributed by atoms with Crippen LogP contribution in [-0.2, 0) is 13.0 Å². The number of rotatable bonds is 0. The van der Waals surface area contributed by atoms with Crippen molar-refractivity contribution in [2.75, 3.05) is 11.9 Å². The first-order valence-corrected chi connectivity index (χ1v) is 6.09. The molecule has 2 heterocycles. The lowest BCUT2D eigenvalue weighted by Gasteiger charge is -2.26. The summed E-state index contributed by atoms with van der Waals surface area (Å²) in [5.74, 6) is 2.60. The zero-order valence-corrected chi connectivity index (χ0v) is 9.58. The molecule has 0 radical (unpaired) electrons. The van der Waals surface area contributed by atoms with Gasteiger partial charge in [0.15, 0.2) is 0 Å². The van der Waals surface area contributed by atoms with Crippen molar-refractivity contribution in [3.63, 3.8) is 0 Å². The largest absolute Gasteiger partial charge is 0.356 e. The average molecular weight is 205 g/mol. The number of fused-ring (bicyclic) bond motifs is 3. The predicted octanol–water partition coefficient (Wildman–Crippen LogP) is 2.38. The van der Waals surface area contributed by atoms with E-state index in [1.807, 2.05) is 0 Å². The maximum absolute atomic E-state index is 4.74. The normalized spacial score (nSPS) is 29.2. The highest BCUT2D eigenvalue weighted by molar-refractivity contribution is 5.38. The molecule has 2 aliphatic rings. The molecule has 0 saturated heterocycles. The van der Waals surface area contributed by atoms with Gasteiger partial charge in [-0.3, -0.25) is 0 Å². The van der Waals surface area contributed by atoms with E-state index in [0.29, 0.717) is 5.92 Å². The Labute approximate surface area is 90.9 Å². The molecule has 3 heteroatoms. The fourth-order valence-electron chi connectivity index (χ4n) is 3.14. The van der Waals surface area contributed by atoms with E-state index in [4.69, 9.17) is 4.98 Å². The van der Waals surface area contributed by atoms with Crippen LogP contribution < -0.4 is 5.32 Å². The molecule has 2 atom stereocenters. The van der Waals surface area contributed by atoms with E-state index in [1.165, 1.54) is 30.7 Å². The van der Waals surface area contributed by atoms with Crippen LogP contribution in [0.25, 0.3) is 0 Å². The molecule has 1 aliphatic carbocycles. The first-order valence-electron chi connectivity index (χ1n) is 6.09. The van der Waals surface area contributed by atoms with E-state index in [0.717, 1.165) is 25.0 Å². The number of anilines is 1. The molecule has 3 rings (SSSR count). The third kappa shape index (κ3) is 1.36. The van der Waals surface area contributed by atoms with Gasteiger partial charge in [-0.25, -0.2) is 4.98 Å². The Kier molecular flexibility index (Phi) is 2.01. The number of aromatic nitrogens is 2. The van der Waals surface area contributed by atoms with Gasteiger partial charge in [-0.15, -0.1) is 0 Å². The monoisotopic (exact) mass is 205 g/mol. The van der Waals surface area contributed by atoms with Crippen molar-refractivity contribution in [2.45, 2.75) is 45.6 Å². The van der Waals surface area contributed by atoms with Crippen LogP contribution in [0.2, 0.25) is 0 Å². The number of nitrogens with zero attached hydrogens (tertiary/aromatic N) is 2. The Bertz CT molecular complexity index is 380. The summed E-state index contributed by atoms with van der Waals surface area (Å²) >= 11 is 0. The van der Waals surface area contributed by atoms with Crippen LogP contribution in [0.15, 0.2) is 0 Å². The van der Waals surface area contributed by atoms with E-state index in [1.54, 1.807) is 0 Å². The lowest BCUT2D eigenvalue weighted by atomic mass is 9.84. The maximum Gasteiger partial charge on any atom is 0.203 e. The summed E-state index contributed by atoms with van der Waals surface area (Å²) in [6, 6.07) is 0. The molecule has 0 fully saturated rings. The van der Waals surface area contributed by atoms with E-state index >= 15 is 0 Å². The summed E-state index contributed by atoms with van der Waals surface area (Å²) in [6.45, 7) is 6.92. The number of imidazole rings is 1. The van der Waals surface area contributed by atoms with Crippen molar-refractivity contribution in [2.24, 2.45) is 5.92 Å². The van der Waals surface area contributed by atoms with Gasteiger partial charge in [-0.2, -0.15) is 0 Å². The zero-order valence-electron chi connectivity index (χ0n) is 9.58. The minimum atomic E-state index is 0.685. The third-order valence-corrected chi connectivity index (χ3v) is 3.69. The fourth-order valence-corrected chi connectivity index (χ4v) is 3.14. The highest BCUT2D eigenvalue weighted by Crippen LogP contribution is 2.36. The molecule has 0 amide bonds. The third-order valence-electron chi connectivity index (χ3n) is 3.69. The number of hydrogen-bond donors (Lipinski definition) is 1. The summed E-state index contributed by atoms with van der Waals surface area (Å²) in [5, 5.41) is 3.41. The van der Waals surface area contributed by atoms with E-state index in [9.17, 15) is 0 Å². The molecule has 15 heavy (non-hydrogen) atoms. The van der Waals surface area contributed by atoms with Gasteiger partial charge < -0.3 is 9.88 Å². The molecule has 0 spiro atoms. The zero-order chi connectivity index (χ0) is 10.4. The van der Waals surface area contributed by atoms with Crippen molar-refractivity contribution in [3.05, 3.63) is 11.4 Å². The van der Waals surface area contributed by atoms with Crippen molar-refractivity contribution in [3.8, 4) is 0 Å². The van der Waals surface area contributed by atoms with Crippen LogP contribution >= 0.6 is 0 Å². The molecule has 1 N–H and O–H groups in total. The molecule has 1 aromatic rings. The minimum absolute atomic E-state index is 0.685. The van der Waals surface area contributed by atoms with Crippen LogP contribution in [0.5, 0.6) is 0 Å². The molecule has 2 unspecified atom stereocenters. The molecular formula is C12H19N3. The highest BCUT2D eigenvalue weighted by atomic mass is 15.2. The van der Waals surface area contributed by atoms with Gasteiger partial charge in [-0.05, 0) is 31.1 Å². The Morgan fingerprint density at radius 3 is 3.13 bits per heavy atom. The lowest BCUT2D eigenvalue weighted by molar-refractivity contribution is 0.424. The van der Waals surface area contributed by atoms with Crippen LogP contribution in [-0.4, -0.2) is 16.1 Å². The second-order valence-electron chi connectivity index (χ2n) is 5.15. The van der Waals surface area contributed by atoms with Gasteiger partial charge in [0.1, 0.15) is 0 Å². The molecule has 82 valence electrons. The van der Waals surface area contributed by atoms with E-state index in [2.05, 4.69) is 23.7 Å². The van der Waals surface area contributed by atoms with Crippen LogP contribution in [0.3, 0.4) is 0 Å². The van der Waals surface area contributed by atoms with Gasteiger partial charge in [0.05, 0.1) is 5.69 Å². The molecule has 0 aromatic carbocycles. The van der Waals surface area contributed by atoms with Crippen LogP contribution in [0.4, 0.5) is 5.95 Å². The topological polar surface area (TPSA) is 29.9 Å². The van der Waals surface area contributed by atoms with E-state index in [-0.39, 0.29) is 0 Å². The van der Waals surface area contributed by atoms with Gasteiger partial charge in [0.25, 0.3) is 0 Å². The van der Waals surface area contributed by atoms with Gasteiger partial charge in [0, 0.05) is 18.8 Å². The fraction of sp³-hybridized carbons (Fsp3) is 0.750. The summed E-state index contributed by atoms with van der Waals surface area (Å²) in [7, 11) is 0. The Hall–Kier alpha value is -0.990. The lowest BCUT2D eigenvalue weighted by Crippen LogP contribution is -2.21. The Balaban J connectivity index is 2.08. The summed E-state index contributed by atoms with van der Waals surface area (Å²) in [6.07, 6.45) is 3.72. The standard InChI is InChI=1S/C12H19N3/c1-8-6-9(2)11-10(7-8)14-12-13-4-3-5-15(11)12/h8-9H,3-7H2,1-2H3,(H,13,14). The quantitative estimate of drug-likeness (QED) is 0.704. The van der Waals surface area contributed by atoms with Crippen molar-refractivity contribution >= 4 is 5.95 Å². The maximum atomic E-state index is 4.74. The first kappa shape index (κ1) is 9.25. The minimum Gasteiger partial charge on any atom is -0.356 e. The molecular weight excluding hydrogens is 186 g/mol. The Morgan fingerprint density at radius 1 is 1.40 bits per heavy atom. The highest BCUT2D eigenvalue weighted by Gasteiger charge is 2.29. The molecule has 1 aromatic heterocycles. The molecule has 1 aliphatic heterocycles. The molecule has 0 saturated carbocycles. The van der Waals surface area contributed by atoms with Gasteiger partial charge in [0.2, 0.25) is 5.95 Å². The van der Waals surface area contributed by atoms with Gasteiger partial charge >= 0.3 is 0 Å². The van der Waals surface area contributed by atoms with E-state index < -0.39 is 0 Å². The smallest absolute Gasteiger partial charge is 0.203 e. The van der Waals surface area contributed by atoms with Crippen molar-refractivity contribution in [1.82, 2.24) is 9.55 Å². The second-order valence-corrected chi connectivity index (χ2v) is 5.15. The second kappa shape index (κ2) is 3.26. The van der Waals surface area contributed by atoms with Crippen molar-refractivity contribution in [1.29, 1.82) is 0 Å². The summed E-state index contributed by atoms with van der Waals surface area (Å²) in [4.78, 5) is 4.74. The number of nitrogens with one attached hydrogen (secondary N) is 1. The SMILES string of the molecule is CC1Cc2nc3n(c2C(C)C1)CCCN3.